The summed E-state index contributed by atoms with van der Waals surface area (Å²) >= 11 is 1.99. The average molecular weight is 213 g/mol. The van der Waals surface area contributed by atoms with Crippen molar-refractivity contribution in [3.63, 3.8) is 0 Å². The lowest BCUT2D eigenvalue weighted by molar-refractivity contribution is 0.432. The van der Waals surface area contributed by atoms with Crippen LogP contribution in [0.1, 0.15) is 32.1 Å². The van der Waals surface area contributed by atoms with E-state index >= 15 is 0 Å². The quantitative estimate of drug-likeness (QED) is 0.705. The van der Waals surface area contributed by atoms with E-state index in [1.807, 2.05) is 23.9 Å². The van der Waals surface area contributed by atoms with Crippen LogP contribution in [-0.2, 0) is 0 Å². The van der Waals surface area contributed by atoms with Gasteiger partial charge in [0, 0.05) is 0 Å². The third kappa shape index (κ3) is 4.20. The number of hydrogen-bond acceptors (Lipinski definition) is 3. The SMILES string of the molecule is CCSCCCN[C@H](C)c1ccco1. The van der Waals surface area contributed by atoms with Gasteiger partial charge in [0.1, 0.15) is 5.76 Å². The van der Waals surface area contributed by atoms with Crippen molar-refractivity contribution in [3.8, 4) is 0 Å². The van der Waals surface area contributed by atoms with Gasteiger partial charge in [0.05, 0.1) is 12.3 Å². The van der Waals surface area contributed by atoms with Gasteiger partial charge in [-0.1, -0.05) is 6.92 Å². The van der Waals surface area contributed by atoms with Gasteiger partial charge in [-0.05, 0) is 43.5 Å². The van der Waals surface area contributed by atoms with Gasteiger partial charge in [0.2, 0.25) is 0 Å². The van der Waals surface area contributed by atoms with Crippen LogP contribution >= 0.6 is 11.8 Å². The zero-order valence-electron chi connectivity index (χ0n) is 8.95. The Bertz CT molecular complexity index is 223. The van der Waals surface area contributed by atoms with Crippen molar-refractivity contribution in [1.82, 2.24) is 5.32 Å². The molecule has 80 valence electrons. The number of rotatable bonds is 7. The van der Waals surface area contributed by atoms with Crippen LogP contribution in [-0.4, -0.2) is 18.1 Å². The number of furan rings is 1. The molecule has 1 rings (SSSR count). The minimum Gasteiger partial charge on any atom is -0.468 e. The number of nitrogens with one attached hydrogen (secondary N) is 1. The summed E-state index contributed by atoms with van der Waals surface area (Å²) in [7, 11) is 0. The van der Waals surface area contributed by atoms with E-state index in [4.69, 9.17) is 4.42 Å². The lowest BCUT2D eigenvalue weighted by atomic mass is 10.2. The molecule has 1 atom stereocenters. The molecule has 0 bridgehead atoms. The van der Waals surface area contributed by atoms with E-state index in [-0.39, 0.29) is 0 Å². The smallest absolute Gasteiger partial charge is 0.120 e. The van der Waals surface area contributed by atoms with Crippen molar-refractivity contribution >= 4 is 11.8 Å². The summed E-state index contributed by atoms with van der Waals surface area (Å²) in [5.74, 6) is 3.48. The molecule has 2 nitrogen and oxygen atoms in total. The van der Waals surface area contributed by atoms with Gasteiger partial charge in [0.25, 0.3) is 0 Å². The predicted octanol–water partition coefficient (Wildman–Crippen LogP) is 3.07. The molecule has 0 spiro atoms. The molecule has 0 radical (unpaired) electrons. The monoisotopic (exact) mass is 213 g/mol. The summed E-state index contributed by atoms with van der Waals surface area (Å²) in [6.07, 6.45) is 2.95. The highest BCUT2D eigenvalue weighted by molar-refractivity contribution is 7.99. The normalized spacial score (nSPS) is 13.0. The molecular weight excluding hydrogens is 194 g/mol. The van der Waals surface area contributed by atoms with Crippen LogP contribution in [0.4, 0.5) is 0 Å². The third-order valence-electron chi connectivity index (χ3n) is 2.09. The Balaban J connectivity index is 2.07. The molecule has 0 saturated heterocycles. The van der Waals surface area contributed by atoms with Crippen LogP contribution in [0, 0.1) is 0 Å². The number of thioether (sulfide) groups is 1. The van der Waals surface area contributed by atoms with Gasteiger partial charge < -0.3 is 9.73 Å². The molecule has 0 amide bonds. The van der Waals surface area contributed by atoms with Gasteiger partial charge in [0.15, 0.2) is 0 Å². The van der Waals surface area contributed by atoms with Gasteiger partial charge in [-0.15, -0.1) is 0 Å². The van der Waals surface area contributed by atoms with Crippen molar-refractivity contribution in [3.05, 3.63) is 24.2 Å². The van der Waals surface area contributed by atoms with E-state index in [1.54, 1.807) is 6.26 Å². The molecule has 0 aromatic carbocycles. The lowest BCUT2D eigenvalue weighted by Crippen LogP contribution is -2.19. The first-order chi connectivity index (χ1) is 6.84. The standard InChI is InChI=1S/C11H19NOS/c1-3-14-9-5-7-12-10(2)11-6-4-8-13-11/h4,6,8,10,12H,3,5,7,9H2,1-2H3/t10-/m1/s1. The maximum Gasteiger partial charge on any atom is 0.120 e. The Morgan fingerprint density at radius 1 is 1.57 bits per heavy atom. The zero-order valence-corrected chi connectivity index (χ0v) is 9.77. The fourth-order valence-electron chi connectivity index (χ4n) is 1.28. The van der Waals surface area contributed by atoms with Crippen LogP contribution in [0.3, 0.4) is 0 Å². The fourth-order valence-corrected chi connectivity index (χ4v) is 1.91. The minimum atomic E-state index is 0.330. The maximum atomic E-state index is 5.31. The van der Waals surface area contributed by atoms with Crippen LogP contribution in [0.2, 0.25) is 0 Å². The van der Waals surface area contributed by atoms with E-state index < -0.39 is 0 Å². The predicted molar refractivity (Wildman–Crippen MR) is 62.7 cm³/mol. The largest absolute Gasteiger partial charge is 0.468 e. The summed E-state index contributed by atoms with van der Waals surface area (Å²) < 4.78 is 5.31. The Morgan fingerprint density at radius 2 is 2.43 bits per heavy atom. The lowest BCUT2D eigenvalue weighted by Gasteiger charge is -2.10. The van der Waals surface area contributed by atoms with E-state index in [0.717, 1.165) is 12.3 Å². The summed E-state index contributed by atoms with van der Waals surface area (Å²) in [4.78, 5) is 0. The Kier molecular flexibility index (Phi) is 5.80. The Hall–Kier alpha value is -0.410. The van der Waals surface area contributed by atoms with E-state index in [2.05, 4.69) is 19.2 Å². The van der Waals surface area contributed by atoms with Crippen molar-refractivity contribution in [2.45, 2.75) is 26.3 Å². The fraction of sp³-hybridized carbons (Fsp3) is 0.636. The first-order valence-electron chi connectivity index (χ1n) is 5.19. The first-order valence-corrected chi connectivity index (χ1v) is 6.34. The van der Waals surface area contributed by atoms with Crippen molar-refractivity contribution < 1.29 is 4.42 Å². The maximum absolute atomic E-state index is 5.31. The molecule has 1 N–H and O–H groups in total. The molecule has 1 aromatic rings. The number of hydrogen-bond donors (Lipinski definition) is 1. The first kappa shape index (κ1) is 11.7. The summed E-state index contributed by atoms with van der Waals surface area (Å²) in [6.45, 7) is 5.39. The average Bonchev–Trinajstić information content (AvgIpc) is 2.70. The van der Waals surface area contributed by atoms with Crippen LogP contribution in [0.5, 0.6) is 0 Å². The van der Waals surface area contributed by atoms with Crippen LogP contribution < -0.4 is 5.32 Å². The van der Waals surface area contributed by atoms with Crippen LogP contribution in [0.25, 0.3) is 0 Å². The van der Waals surface area contributed by atoms with Crippen molar-refractivity contribution in [1.29, 1.82) is 0 Å². The van der Waals surface area contributed by atoms with Gasteiger partial charge in [-0.25, -0.2) is 0 Å². The summed E-state index contributed by atoms with van der Waals surface area (Å²) in [5, 5.41) is 3.44. The molecule has 0 fully saturated rings. The second kappa shape index (κ2) is 6.96. The topological polar surface area (TPSA) is 25.2 Å². The molecule has 3 heteroatoms. The van der Waals surface area contributed by atoms with E-state index in [9.17, 15) is 0 Å². The highest BCUT2D eigenvalue weighted by Gasteiger charge is 2.05. The molecule has 14 heavy (non-hydrogen) atoms. The van der Waals surface area contributed by atoms with Gasteiger partial charge in [-0.2, -0.15) is 11.8 Å². The summed E-state index contributed by atoms with van der Waals surface area (Å²) in [6, 6.07) is 4.27. The molecule has 0 unspecified atom stereocenters. The van der Waals surface area contributed by atoms with Crippen molar-refractivity contribution in [2.24, 2.45) is 0 Å². The van der Waals surface area contributed by atoms with Crippen molar-refractivity contribution in [2.75, 3.05) is 18.1 Å². The second-order valence-corrected chi connectivity index (χ2v) is 4.64. The molecule has 1 heterocycles. The molecule has 0 saturated carbocycles. The minimum absolute atomic E-state index is 0.330. The summed E-state index contributed by atoms with van der Waals surface area (Å²) in [5.41, 5.74) is 0. The van der Waals surface area contributed by atoms with E-state index in [0.29, 0.717) is 6.04 Å². The highest BCUT2D eigenvalue weighted by Crippen LogP contribution is 2.12. The van der Waals surface area contributed by atoms with E-state index in [1.165, 1.54) is 17.9 Å². The Morgan fingerprint density at radius 3 is 3.07 bits per heavy atom. The highest BCUT2D eigenvalue weighted by atomic mass is 32.2. The molecule has 1 aromatic heterocycles. The molecule has 0 aliphatic carbocycles. The second-order valence-electron chi connectivity index (χ2n) is 3.24. The van der Waals surface area contributed by atoms with Crippen LogP contribution in [0.15, 0.2) is 22.8 Å². The molecular formula is C11H19NOS. The third-order valence-corrected chi connectivity index (χ3v) is 3.08. The zero-order chi connectivity index (χ0) is 10.2. The van der Waals surface area contributed by atoms with Gasteiger partial charge >= 0.3 is 0 Å². The Labute approximate surface area is 90.5 Å². The van der Waals surface area contributed by atoms with Gasteiger partial charge in [-0.3, -0.25) is 0 Å². The molecule has 0 aliphatic rings. The molecule has 0 aliphatic heterocycles.